The van der Waals surface area contributed by atoms with E-state index >= 15 is 0 Å². The quantitative estimate of drug-likeness (QED) is 0.418. The van der Waals surface area contributed by atoms with Gasteiger partial charge >= 0.3 is 0 Å². The zero-order chi connectivity index (χ0) is 24.6. The Kier molecular flexibility index (Phi) is 4.53. The third-order valence-corrected chi connectivity index (χ3v) is 7.80. The summed E-state index contributed by atoms with van der Waals surface area (Å²) in [5, 5.41) is 0.274. The van der Waals surface area contributed by atoms with Gasteiger partial charge in [0.2, 0.25) is 5.76 Å². The van der Waals surface area contributed by atoms with Gasteiger partial charge in [0.05, 0.1) is 22.3 Å². The summed E-state index contributed by atoms with van der Waals surface area (Å²) in [6.07, 6.45) is 0.671. The van der Waals surface area contributed by atoms with E-state index in [1.807, 2.05) is 26.8 Å². The third-order valence-electron chi connectivity index (χ3n) is 6.74. The molecule has 2 aliphatic heterocycles. The van der Waals surface area contributed by atoms with E-state index in [1.54, 1.807) is 23.1 Å². The Morgan fingerprint density at radius 3 is 2.60 bits per heavy atom. The van der Waals surface area contributed by atoms with E-state index in [-0.39, 0.29) is 22.3 Å². The van der Waals surface area contributed by atoms with Gasteiger partial charge in [-0.05, 0) is 44.5 Å². The molecule has 176 valence electrons. The Morgan fingerprint density at radius 2 is 1.89 bits per heavy atom. The zero-order valence-electron chi connectivity index (χ0n) is 19.2. The number of aryl methyl sites for hydroxylation is 2. The Hall–Kier alpha value is -3.85. The Morgan fingerprint density at radius 1 is 1.11 bits per heavy atom. The Balaban J connectivity index is 1.78. The average Bonchev–Trinajstić information content (AvgIpc) is 3.39. The number of thiazole rings is 1. The summed E-state index contributed by atoms with van der Waals surface area (Å²) < 4.78 is 20.1. The highest BCUT2D eigenvalue weighted by Crippen LogP contribution is 2.54. The predicted octanol–water partition coefficient (Wildman–Crippen LogP) is 4.67. The minimum Gasteiger partial charge on any atom is -0.450 e. The molecule has 0 radical (unpaired) electrons. The van der Waals surface area contributed by atoms with Crippen molar-refractivity contribution in [1.82, 2.24) is 4.98 Å². The van der Waals surface area contributed by atoms with E-state index in [0.29, 0.717) is 29.3 Å². The molecule has 4 aromatic rings. The van der Waals surface area contributed by atoms with Crippen LogP contribution in [-0.4, -0.2) is 23.3 Å². The number of fused-ring (bicyclic) bond motifs is 5. The molecule has 0 bridgehead atoms. The number of rotatable bonds is 3. The van der Waals surface area contributed by atoms with Crippen molar-refractivity contribution < 1.29 is 18.4 Å². The minimum absolute atomic E-state index is 0.0245. The number of nitrogens with zero attached hydrogens (tertiary/aromatic N) is 3. The van der Waals surface area contributed by atoms with Crippen molar-refractivity contribution in [3.05, 3.63) is 86.0 Å². The molecule has 0 N–H and O–H groups in total. The van der Waals surface area contributed by atoms with Gasteiger partial charge in [-0.1, -0.05) is 25.1 Å². The van der Waals surface area contributed by atoms with Gasteiger partial charge in [-0.3, -0.25) is 19.3 Å². The summed E-state index contributed by atoms with van der Waals surface area (Å²) in [6.45, 7) is 6.05. The van der Waals surface area contributed by atoms with Crippen LogP contribution in [0.15, 0.2) is 51.7 Å². The first kappa shape index (κ1) is 21.7. The summed E-state index contributed by atoms with van der Waals surface area (Å²) >= 11 is 1.27. The van der Waals surface area contributed by atoms with Crippen LogP contribution < -0.4 is 15.2 Å². The Bertz CT molecular complexity index is 1620. The van der Waals surface area contributed by atoms with Gasteiger partial charge in [0.25, 0.3) is 11.8 Å². The van der Waals surface area contributed by atoms with E-state index < -0.39 is 28.6 Å². The standard InChI is InChI=1S/C26H20FN3O4S/c1-4-11-29-18-8-6-5-7-17(18)26(24(29)33)20-21(31)16-12-15(27)9-10-19(16)34-22(20)23(32)30(26)25-28-13(2)14(3)35-25/h5-10,12H,4,11H2,1-3H3. The minimum atomic E-state index is -1.80. The molecule has 2 aliphatic rings. The zero-order valence-corrected chi connectivity index (χ0v) is 20.0. The number of amides is 2. The maximum Gasteiger partial charge on any atom is 0.297 e. The molecule has 6 rings (SSSR count). The fourth-order valence-corrected chi connectivity index (χ4v) is 6.09. The van der Waals surface area contributed by atoms with Crippen LogP contribution in [0.4, 0.5) is 15.2 Å². The first-order valence-corrected chi connectivity index (χ1v) is 12.1. The van der Waals surface area contributed by atoms with Gasteiger partial charge in [-0.15, -0.1) is 11.3 Å². The van der Waals surface area contributed by atoms with Crippen LogP contribution in [0.2, 0.25) is 0 Å². The molecular formula is C26H20FN3O4S. The van der Waals surface area contributed by atoms with Crippen LogP contribution in [0.5, 0.6) is 0 Å². The number of hydrogen-bond acceptors (Lipinski definition) is 6. The number of carbonyl (C=O) groups excluding carboxylic acids is 2. The summed E-state index contributed by atoms with van der Waals surface area (Å²) in [5.74, 6) is -1.89. The molecule has 2 aromatic carbocycles. The number of anilines is 2. The molecule has 0 saturated heterocycles. The molecule has 0 saturated carbocycles. The fraction of sp³-hybridized carbons (Fsp3) is 0.231. The van der Waals surface area contributed by atoms with Gasteiger partial charge in [0.15, 0.2) is 16.1 Å². The number of para-hydroxylation sites is 1. The largest absolute Gasteiger partial charge is 0.450 e. The highest BCUT2D eigenvalue weighted by molar-refractivity contribution is 7.16. The lowest BCUT2D eigenvalue weighted by Crippen LogP contribution is -2.53. The number of benzene rings is 2. The second-order valence-corrected chi connectivity index (χ2v) is 9.92. The van der Waals surface area contributed by atoms with Crippen molar-refractivity contribution in [2.75, 3.05) is 16.3 Å². The van der Waals surface area contributed by atoms with Crippen LogP contribution >= 0.6 is 11.3 Å². The molecule has 2 amide bonds. The highest BCUT2D eigenvalue weighted by Gasteiger charge is 2.66. The van der Waals surface area contributed by atoms with E-state index in [4.69, 9.17) is 4.42 Å². The number of hydrogen-bond donors (Lipinski definition) is 0. The van der Waals surface area contributed by atoms with E-state index in [0.717, 1.165) is 22.7 Å². The average molecular weight is 490 g/mol. The van der Waals surface area contributed by atoms with Gasteiger partial charge < -0.3 is 9.32 Å². The van der Waals surface area contributed by atoms with Crippen molar-refractivity contribution in [2.45, 2.75) is 32.7 Å². The first-order chi connectivity index (χ1) is 16.8. The van der Waals surface area contributed by atoms with Gasteiger partial charge in [-0.2, -0.15) is 0 Å². The van der Waals surface area contributed by atoms with Gasteiger partial charge in [-0.25, -0.2) is 9.37 Å². The van der Waals surface area contributed by atoms with Crippen LogP contribution in [0, 0.1) is 19.7 Å². The molecule has 2 aromatic heterocycles. The van der Waals surface area contributed by atoms with Crippen molar-refractivity contribution in [3.63, 3.8) is 0 Å². The Labute approximate surface area is 203 Å². The van der Waals surface area contributed by atoms with Crippen LogP contribution in [0.3, 0.4) is 0 Å². The molecule has 0 fully saturated rings. The normalized spacial score (nSPS) is 18.7. The summed E-state index contributed by atoms with van der Waals surface area (Å²) in [4.78, 5) is 50.7. The summed E-state index contributed by atoms with van der Waals surface area (Å²) in [6, 6.07) is 10.7. The van der Waals surface area contributed by atoms with E-state index in [1.165, 1.54) is 22.3 Å². The fourth-order valence-electron chi connectivity index (χ4n) is 5.13. The maximum absolute atomic E-state index is 14.4. The number of halogens is 1. The lowest BCUT2D eigenvalue weighted by molar-refractivity contribution is -0.121. The monoisotopic (exact) mass is 489 g/mol. The van der Waals surface area contributed by atoms with Gasteiger partial charge in [0, 0.05) is 17.0 Å². The summed E-state index contributed by atoms with van der Waals surface area (Å²) in [5.41, 5.74) is -0.579. The topological polar surface area (TPSA) is 83.7 Å². The second-order valence-electron chi connectivity index (χ2n) is 8.74. The molecular weight excluding hydrogens is 469 g/mol. The predicted molar refractivity (Wildman–Crippen MR) is 131 cm³/mol. The molecule has 35 heavy (non-hydrogen) atoms. The van der Waals surface area contributed by atoms with Crippen molar-refractivity contribution >= 4 is 44.9 Å². The first-order valence-electron chi connectivity index (χ1n) is 11.3. The molecule has 1 unspecified atom stereocenters. The van der Waals surface area contributed by atoms with E-state index in [2.05, 4.69) is 4.98 Å². The third kappa shape index (κ3) is 2.64. The second kappa shape index (κ2) is 7.32. The summed E-state index contributed by atoms with van der Waals surface area (Å²) in [7, 11) is 0. The molecule has 0 aliphatic carbocycles. The molecule has 9 heteroatoms. The van der Waals surface area contributed by atoms with Crippen LogP contribution in [0.1, 0.15) is 45.6 Å². The molecule has 7 nitrogen and oxygen atoms in total. The molecule has 1 spiro atoms. The van der Waals surface area contributed by atoms with Crippen molar-refractivity contribution in [2.24, 2.45) is 0 Å². The smallest absolute Gasteiger partial charge is 0.297 e. The van der Waals surface area contributed by atoms with Crippen LogP contribution in [0.25, 0.3) is 11.0 Å². The van der Waals surface area contributed by atoms with E-state index in [9.17, 15) is 18.8 Å². The maximum atomic E-state index is 14.4. The van der Waals surface area contributed by atoms with Crippen LogP contribution in [-0.2, 0) is 10.3 Å². The lowest BCUT2D eigenvalue weighted by Gasteiger charge is -2.32. The number of carbonyl (C=O) groups is 2. The molecule has 4 heterocycles. The lowest BCUT2D eigenvalue weighted by atomic mass is 9.84. The highest BCUT2D eigenvalue weighted by atomic mass is 32.1. The van der Waals surface area contributed by atoms with Crippen molar-refractivity contribution in [3.8, 4) is 0 Å². The SMILES string of the molecule is CCCN1C(=O)C2(c3ccccc31)c1c(oc3ccc(F)cc3c1=O)C(=O)N2c1nc(C)c(C)s1. The van der Waals surface area contributed by atoms with Crippen molar-refractivity contribution in [1.29, 1.82) is 0 Å². The van der Waals surface area contributed by atoms with Gasteiger partial charge in [0.1, 0.15) is 11.4 Å². The molecule has 1 atom stereocenters. The number of aromatic nitrogens is 1.